The van der Waals surface area contributed by atoms with Crippen LogP contribution in [0.5, 0.6) is 0 Å². The summed E-state index contributed by atoms with van der Waals surface area (Å²) < 4.78 is 0. The van der Waals surface area contributed by atoms with E-state index in [1.807, 2.05) is 7.05 Å². The predicted octanol–water partition coefficient (Wildman–Crippen LogP) is -0.556. The number of likely N-dealkylation sites (N-methyl/N-ethyl adjacent to an activating group) is 1. The van der Waals surface area contributed by atoms with Gasteiger partial charge < -0.3 is 10.7 Å². The van der Waals surface area contributed by atoms with Crippen LogP contribution in [-0.4, -0.2) is 20.6 Å². The summed E-state index contributed by atoms with van der Waals surface area (Å²) in [4.78, 5) is 0. The number of hydrogen-bond donors (Lipinski definition) is 3. The van der Waals surface area contributed by atoms with E-state index in [9.17, 15) is 0 Å². The average molecular weight is 115 g/mol. The van der Waals surface area contributed by atoms with Crippen molar-refractivity contribution in [3.05, 3.63) is 12.3 Å². The van der Waals surface area contributed by atoms with Crippen molar-refractivity contribution in [2.45, 2.75) is 0 Å². The largest absolute Gasteiger partial charge is 0.325 e. The fourth-order valence-corrected chi connectivity index (χ4v) is 0.434. The Hall–Kier alpha value is -0.540. The van der Waals surface area contributed by atoms with Gasteiger partial charge in [-0.25, -0.2) is 5.43 Å². The molecule has 8 heavy (non-hydrogen) atoms. The SMILES string of the molecule is C=C(CNC)NNC. The third kappa shape index (κ3) is 3.64. The van der Waals surface area contributed by atoms with Gasteiger partial charge in [0.15, 0.2) is 0 Å². The van der Waals surface area contributed by atoms with Crippen molar-refractivity contribution >= 4 is 0 Å². The molecule has 0 amide bonds. The molecule has 48 valence electrons. The van der Waals surface area contributed by atoms with Crippen LogP contribution in [0.1, 0.15) is 0 Å². The summed E-state index contributed by atoms with van der Waals surface area (Å²) in [7, 11) is 3.68. The molecule has 0 aromatic carbocycles. The van der Waals surface area contributed by atoms with E-state index in [0.717, 1.165) is 12.2 Å². The minimum absolute atomic E-state index is 0.792. The molecule has 3 N–H and O–H groups in total. The monoisotopic (exact) mass is 115 g/mol. The van der Waals surface area contributed by atoms with Crippen LogP contribution >= 0.6 is 0 Å². The zero-order valence-electron chi connectivity index (χ0n) is 5.41. The molecule has 0 unspecified atom stereocenters. The van der Waals surface area contributed by atoms with Crippen LogP contribution < -0.4 is 16.2 Å². The molecule has 3 heteroatoms. The topological polar surface area (TPSA) is 36.1 Å². The molecule has 0 aliphatic heterocycles. The fourth-order valence-electron chi connectivity index (χ4n) is 0.434. The highest BCUT2D eigenvalue weighted by molar-refractivity contribution is 4.90. The van der Waals surface area contributed by atoms with Gasteiger partial charge in [0.05, 0.1) is 0 Å². The lowest BCUT2D eigenvalue weighted by atomic mass is 10.5. The maximum atomic E-state index is 3.70. The number of hydrogen-bond acceptors (Lipinski definition) is 3. The summed E-state index contributed by atoms with van der Waals surface area (Å²) in [5, 5.41) is 2.95. The van der Waals surface area contributed by atoms with E-state index in [4.69, 9.17) is 0 Å². The van der Waals surface area contributed by atoms with Gasteiger partial charge in [-0.1, -0.05) is 6.58 Å². The molecule has 0 aliphatic rings. The maximum Gasteiger partial charge on any atom is 0.0359 e. The summed E-state index contributed by atoms with van der Waals surface area (Å²) in [5.41, 5.74) is 6.54. The Labute approximate surface area is 50.1 Å². The maximum absolute atomic E-state index is 3.70. The molecule has 0 saturated heterocycles. The highest BCUT2D eigenvalue weighted by Crippen LogP contribution is 1.72. The van der Waals surface area contributed by atoms with Crippen LogP contribution in [0.15, 0.2) is 12.3 Å². The second-order valence-electron chi connectivity index (χ2n) is 1.51. The molecule has 0 saturated carbocycles. The van der Waals surface area contributed by atoms with Crippen molar-refractivity contribution in [2.24, 2.45) is 0 Å². The van der Waals surface area contributed by atoms with Crippen LogP contribution in [0.4, 0.5) is 0 Å². The Morgan fingerprint density at radius 2 is 2.12 bits per heavy atom. The lowest BCUT2D eigenvalue weighted by Gasteiger charge is -2.04. The van der Waals surface area contributed by atoms with E-state index in [1.165, 1.54) is 0 Å². The van der Waals surface area contributed by atoms with E-state index < -0.39 is 0 Å². The van der Waals surface area contributed by atoms with Crippen LogP contribution in [0.3, 0.4) is 0 Å². The van der Waals surface area contributed by atoms with Gasteiger partial charge in [-0.3, -0.25) is 0 Å². The standard InChI is InChI=1S/C5H13N3/c1-5(4-6-2)8-7-3/h6-8H,1,4H2,2-3H3. The summed E-state index contributed by atoms with van der Waals surface area (Å²) >= 11 is 0. The minimum atomic E-state index is 0.792. The van der Waals surface area contributed by atoms with E-state index in [2.05, 4.69) is 22.7 Å². The van der Waals surface area contributed by atoms with Crippen molar-refractivity contribution in [2.75, 3.05) is 20.6 Å². The van der Waals surface area contributed by atoms with Gasteiger partial charge in [-0.05, 0) is 7.05 Å². The fraction of sp³-hybridized carbons (Fsp3) is 0.600. The van der Waals surface area contributed by atoms with Crippen molar-refractivity contribution in [3.8, 4) is 0 Å². The molecular weight excluding hydrogens is 102 g/mol. The van der Waals surface area contributed by atoms with Crippen LogP contribution in [0.2, 0.25) is 0 Å². The van der Waals surface area contributed by atoms with E-state index in [-0.39, 0.29) is 0 Å². The molecule has 0 bridgehead atoms. The summed E-state index contributed by atoms with van der Waals surface area (Å²) in [5.74, 6) is 0. The molecule has 0 radical (unpaired) electrons. The number of rotatable bonds is 4. The van der Waals surface area contributed by atoms with Crippen LogP contribution in [-0.2, 0) is 0 Å². The third-order valence-electron chi connectivity index (χ3n) is 0.692. The molecule has 0 aliphatic carbocycles. The van der Waals surface area contributed by atoms with Gasteiger partial charge in [-0.2, -0.15) is 0 Å². The normalized spacial score (nSPS) is 8.75. The first-order valence-electron chi connectivity index (χ1n) is 2.56. The molecule has 0 aromatic rings. The van der Waals surface area contributed by atoms with Crippen molar-refractivity contribution in [1.82, 2.24) is 16.2 Å². The molecule has 0 spiro atoms. The van der Waals surface area contributed by atoms with Crippen LogP contribution in [0, 0.1) is 0 Å². The highest BCUT2D eigenvalue weighted by Gasteiger charge is 1.83. The summed E-state index contributed by atoms with van der Waals surface area (Å²) in [6, 6.07) is 0. The van der Waals surface area contributed by atoms with Gasteiger partial charge in [0.2, 0.25) is 0 Å². The van der Waals surface area contributed by atoms with Gasteiger partial charge in [0, 0.05) is 19.3 Å². The van der Waals surface area contributed by atoms with E-state index >= 15 is 0 Å². The first kappa shape index (κ1) is 7.46. The van der Waals surface area contributed by atoms with E-state index in [0.29, 0.717) is 0 Å². The lowest BCUT2D eigenvalue weighted by molar-refractivity contribution is 0.657. The minimum Gasteiger partial charge on any atom is -0.325 e. The predicted molar refractivity (Wildman–Crippen MR) is 35.3 cm³/mol. The lowest BCUT2D eigenvalue weighted by Crippen LogP contribution is -2.30. The van der Waals surface area contributed by atoms with Crippen molar-refractivity contribution in [1.29, 1.82) is 0 Å². The Morgan fingerprint density at radius 1 is 1.50 bits per heavy atom. The number of hydrazine groups is 1. The Morgan fingerprint density at radius 3 is 2.50 bits per heavy atom. The zero-order valence-corrected chi connectivity index (χ0v) is 5.41. The quantitative estimate of drug-likeness (QED) is 0.430. The second-order valence-corrected chi connectivity index (χ2v) is 1.51. The molecule has 3 nitrogen and oxygen atoms in total. The van der Waals surface area contributed by atoms with Gasteiger partial charge in [0.1, 0.15) is 0 Å². The first-order chi connectivity index (χ1) is 3.81. The Bertz CT molecular complexity index is 62.1. The first-order valence-corrected chi connectivity index (χ1v) is 2.56. The van der Waals surface area contributed by atoms with Crippen molar-refractivity contribution < 1.29 is 0 Å². The number of nitrogens with one attached hydrogen (secondary N) is 3. The molecule has 0 rings (SSSR count). The smallest absolute Gasteiger partial charge is 0.0359 e. The van der Waals surface area contributed by atoms with Gasteiger partial charge in [-0.15, -0.1) is 0 Å². The van der Waals surface area contributed by atoms with Gasteiger partial charge in [0.25, 0.3) is 0 Å². The molecule has 0 atom stereocenters. The summed E-state index contributed by atoms with van der Waals surface area (Å²) in [6.07, 6.45) is 0. The van der Waals surface area contributed by atoms with Crippen molar-refractivity contribution in [3.63, 3.8) is 0 Å². The Balaban J connectivity index is 3.06. The molecular formula is C5H13N3. The van der Waals surface area contributed by atoms with E-state index in [1.54, 1.807) is 7.05 Å². The Kier molecular flexibility index (Phi) is 4.30. The average Bonchev–Trinajstić information content (AvgIpc) is 1.68. The van der Waals surface area contributed by atoms with Gasteiger partial charge >= 0.3 is 0 Å². The highest BCUT2D eigenvalue weighted by atomic mass is 15.3. The second kappa shape index (κ2) is 4.61. The van der Waals surface area contributed by atoms with Crippen LogP contribution in [0.25, 0.3) is 0 Å². The molecule has 0 aromatic heterocycles. The third-order valence-corrected chi connectivity index (χ3v) is 0.692. The molecule has 0 fully saturated rings. The summed E-state index contributed by atoms with van der Waals surface area (Å²) in [6.45, 7) is 4.49. The zero-order chi connectivity index (χ0) is 6.41. The molecule has 0 heterocycles.